The van der Waals surface area contributed by atoms with E-state index in [1.807, 2.05) is 12.1 Å². The molecule has 0 bridgehead atoms. The molecule has 12 aromatic rings. The Morgan fingerprint density at radius 3 is 2.00 bits per heavy atom. The number of benzene rings is 7. The van der Waals surface area contributed by atoms with Crippen LogP contribution >= 0.6 is 0 Å². The highest BCUT2D eigenvalue weighted by Crippen LogP contribution is 2.47. The number of hydrogen-bond donors (Lipinski definition) is 0. The molecule has 246 valence electrons. The summed E-state index contributed by atoms with van der Waals surface area (Å²) in [6.45, 7) is 0. The molecule has 5 heterocycles. The summed E-state index contributed by atoms with van der Waals surface area (Å²) in [4.78, 5) is 0. The fourth-order valence-corrected chi connectivity index (χ4v) is 9.56. The Morgan fingerprint density at radius 1 is 0.453 bits per heavy atom. The van der Waals surface area contributed by atoms with Gasteiger partial charge in [-0.1, -0.05) is 103 Å². The highest BCUT2D eigenvalue weighted by atomic mass is 16.3. The second-order valence-electron chi connectivity index (χ2n) is 14.3. The topological polar surface area (TPSA) is 35.6 Å². The predicted octanol–water partition coefficient (Wildman–Crippen LogP) is 13.7. The summed E-state index contributed by atoms with van der Waals surface area (Å²) in [5.74, 6) is 0. The molecule has 1 aliphatic carbocycles. The normalized spacial score (nSPS) is 13.4. The van der Waals surface area contributed by atoms with Crippen molar-refractivity contribution in [3.8, 4) is 16.8 Å². The number of para-hydroxylation sites is 3. The van der Waals surface area contributed by atoms with Gasteiger partial charge in [-0.3, -0.25) is 0 Å². The van der Waals surface area contributed by atoms with E-state index >= 15 is 0 Å². The molecule has 0 radical (unpaired) electrons. The molecule has 0 fully saturated rings. The fraction of sp³-hybridized carbons (Fsp3) is 0.0204. The van der Waals surface area contributed by atoms with Gasteiger partial charge in [-0.2, -0.15) is 0 Å². The van der Waals surface area contributed by atoms with Gasteiger partial charge in [-0.05, 0) is 72.2 Å². The van der Waals surface area contributed by atoms with Crippen LogP contribution in [0.25, 0.3) is 122 Å². The summed E-state index contributed by atoms with van der Waals surface area (Å²) in [5.41, 5.74) is 14.5. The van der Waals surface area contributed by atoms with Gasteiger partial charge in [-0.15, -0.1) is 0 Å². The van der Waals surface area contributed by atoms with Gasteiger partial charge < -0.3 is 17.8 Å². The molecule has 5 aromatic heterocycles. The lowest BCUT2D eigenvalue weighted by atomic mass is 9.98. The van der Waals surface area contributed by atoms with E-state index in [4.69, 9.17) is 8.83 Å². The summed E-state index contributed by atoms with van der Waals surface area (Å²) in [7, 11) is 0. The van der Waals surface area contributed by atoms with E-state index in [9.17, 15) is 0 Å². The van der Waals surface area contributed by atoms with Gasteiger partial charge in [0.15, 0.2) is 0 Å². The molecule has 0 atom stereocenters. The van der Waals surface area contributed by atoms with Crippen molar-refractivity contribution in [3.05, 3.63) is 157 Å². The van der Waals surface area contributed by atoms with Crippen molar-refractivity contribution in [1.82, 2.24) is 8.97 Å². The minimum absolute atomic E-state index is 0.895. The van der Waals surface area contributed by atoms with E-state index in [1.165, 1.54) is 71.4 Å². The monoisotopic (exact) mass is 676 g/mol. The fourth-order valence-electron chi connectivity index (χ4n) is 9.56. The first-order chi connectivity index (χ1) is 26.3. The smallest absolute Gasteiger partial charge is 0.137 e. The lowest BCUT2D eigenvalue weighted by Gasteiger charge is -2.11. The highest BCUT2D eigenvalue weighted by molar-refractivity contribution is 6.30. The maximum Gasteiger partial charge on any atom is 0.137 e. The van der Waals surface area contributed by atoms with Gasteiger partial charge in [0.05, 0.1) is 38.8 Å². The van der Waals surface area contributed by atoms with Crippen LogP contribution in [0.1, 0.15) is 17.7 Å². The first-order valence-electron chi connectivity index (χ1n) is 18.3. The minimum atomic E-state index is 0.895. The van der Waals surface area contributed by atoms with Gasteiger partial charge in [0.1, 0.15) is 22.3 Å². The maximum absolute atomic E-state index is 6.39. The predicted molar refractivity (Wildman–Crippen MR) is 221 cm³/mol. The Bertz CT molecular complexity index is 3600. The van der Waals surface area contributed by atoms with E-state index in [2.05, 4.69) is 155 Å². The Morgan fingerprint density at radius 2 is 1.13 bits per heavy atom. The van der Waals surface area contributed by atoms with E-state index in [1.54, 1.807) is 0 Å². The second kappa shape index (κ2) is 9.84. The molecule has 1 aliphatic rings. The highest BCUT2D eigenvalue weighted by Gasteiger charge is 2.26. The van der Waals surface area contributed by atoms with Gasteiger partial charge >= 0.3 is 0 Å². The first kappa shape index (κ1) is 27.7. The average molecular weight is 677 g/mol. The van der Waals surface area contributed by atoms with Crippen LogP contribution in [-0.4, -0.2) is 8.97 Å². The summed E-state index contributed by atoms with van der Waals surface area (Å²) >= 11 is 0. The Labute approximate surface area is 302 Å². The lowest BCUT2D eigenvalue weighted by molar-refractivity contribution is 0.668. The molecule has 0 spiro atoms. The van der Waals surface area contributed by atoms with Crippen molar-refractivity contribution in [2.75, 3.05) is 0 Å². The quantitative estimate of drug-likeness (QED) is 0.183. The number of hydrogen-bond acceptors (Lipinski definition) is 2. The first-order valence-corrected chi connectivity index (χ1v) is 18.3. The number of rotatable bonds is 2. The number of allylic oxidation sites excluding steroid dienone is 2. The molecule has 53 heavy (non-hydrogen) atoms. The largest absolute Gasteiger partial charge is 0.456 e. The zero-order valence-electron chi connectivity index (χ0n) is 28.4. The van der Waals surface area contributed by atoms with Crippen LogP contribution in [0.4, 0.5) is 0 Å². The molecule has 7 aromatic carbocycles. The molecule has 13 rings (SSSR count). The van der Waals surface area contributed by atoms with Crippen molar-refractivity contribution in [2.45, 2.75) is 6.42 Å². The van der Waals surface area contributed by atoms with Crippen LogP contribution in [0.2, 0.25) is 0 Å². The Kier molecular flexibility index (Phi) is 5.14. The number of nitrogens with zero attached hydrogens (tertiary/aromatic N) is 2. The molecule has 0 saturated heterocycles. The van der Waals surface area contributed by atoms with Crippen LogP contribution in [-0.2, 0) is 0 Å². The molecule has 4 nitrogen and oxygen atoms in total. The van der Waals surface area contributed by atoms with Crippen LogP contribution in [0.5, 0.6) is 0 Å². The lowest BCUT2D eigenvalue weighted by Crippen LogP contribution is -1.97. The third kappa shape index (κ3) is 3.46. The SMILES string of the molecule is C1=Cc2c(n(-c3cccc4oc5ccccc5c34)c3ccc4c(c5cccc6c7ccc(-c8cccc9oc%10ccccc%10c89)cc7n4c65)c23)C=CC1. The van der Waals surface area contributed by atoms with Crippen LogP contribution < -0.4 is 0 Å². The van der Waals surface area contributed by atoms with Crippen LogP contribution in [0.3, 0.4) is 0 Å². The average Bonchev–Trinajstić information content (AvgIpc) is 3.97. The standard InChI is InChI=1S/C49H28N2O2/c1-2-11-32-36(17-3-1)50(37-18-10-22-44-46(37)34-13-5-7-20-42(34)53-44)38-25-26-39-48(47(32)38)35-16-8-15-31-30-24-23-28(27-40(30)51(39)49(31)35)29-14-9-21-43-45(29)33-12-4-6-19-41(33)52-43/h2-27H,1H2. The molecular formula is C49H28N2O2. The number of furan rings is 2. The summed E-state index contributed by atoms with van der Waals surface area (Å²) in [6.07, 6.45) is 10.1. The van der Waals surface area contributed by atoms with Gasteiger partial charge in [0.2, 0.25) is 0 Å². The van der Waals surface area contributed by atoms with E-state index in [0.717, 1.165) is 56.0 Å². The molecule has 0 N–H and O–H groups in total. The zero-order valence-corrected chi connectivity index (χ0v) is 28.4. The van der Waals surface area contributed by atoms with Crippen molar-refractivity contribution in [3.63, 3.8) is 0 Å². The Hall–Kier alpha value is -7.04. The summed E-state index contributed by atoms with van der Waals surface area (Å²) in [6, 6.07) is 48.0. The summed E-state index contributed by atoms with van der Waals surface area (Å²) in [5, 5.41) is 10.9. The van der Waals surface area contributed by atoms with Crippen molar-refractivity contribution in [1.29, 1.82) is 0 Å². The zero-order chi connectivity index (χ0) is 34.4. The maximum atomic E-state index is 6.39. The van der Waals surface area contributed by atoms with Gasteiger partial charge in [0.25, 0.3) is 0 Å². The van der Waals surface area contributed by atoms with Crippen molar-refractivity contribution >= 4 is 105 Å². The van der Waals surface area contributed by atoms with Crippen LogP contribution in [0.15, 0.2) is 154 Å². The number of aromatic nitrogens is 2. The van der Waals surface area contributed by atoms with Crippen molar-refractivity contribution < 1.29 is 8.83 Å². The van der Waals surface area contributed by atoms with E-state index in [-0.39, 0.29) is 0 Å². The Balaban J connectivity index is 1.15. The van der Waals surface area contributed by atoms with Crippen molar-refractivity contribution in [2.24, 2.45) is 0 Å². The molecule has 4 heteroatoms. The number of fused-ring (bicyclic) bond motifs is 16. The molecule has 0 amide bonds. The molecule has 0 aliphatic heterocycles. The molecule has 0 unspecified atom stereocenters. The molecule has 0 saturated carbocycles. The van der Waals surface area contributed by atoms with E-state index in [0.29, 0.717) is 0 Å². The van der Waals surface area contributed by atoms with E-state index < -0.39 is 0 Å². The van der Waals surface area contributed by atoms with Crippen LogP contribution in [0, 0.1) is 0 Å². The van der Waals surface area contributed by atoms with Gasteiger partial charge in [0, 0.05) is 48.7 Å². The molecular weight excluding hydrogens is 649 g/mol. The summed E-state index contributed by atoms with van der Waals surface area (Å²) < 4.78 is 17.7. The third-order valence-corrected chi connectivity index (χ3v) is 11.7. The third-order valence-electron chi connectivity index (χ3n) is 11.7. The second-order valence-corrected chi connectivity index (χ2v) is 14.3. The minimum Gasteiger partial charge on any atom is -0.456 e. The van der Waals surface area contributed by atoms with Gasteiger partial charge in [-0.25, -0.2) is 0 Å².